The monoisotopic (exact) mass is 239 g/mol. The number of hydrogen-bond acceptors (Lipinski definition) is 2. The van der Waals surface area contributed by atoms with Gasteiger partial charge in [-0.2, -0.15) is 4.31 Å². The van der Waals surface area contributed by atoms with Gasteiger partial charge in [0.05, 0.1) is 4.90 Å². The third-order valence-corrected chi connectivity index (χ3v) is 4.85. The van der Waals surface area contributed by atoms with Crippen molar-refractivity contribution in [3.63, 3.8) is 0 Å². The van der Waals surface area contributed by atoms with Gasteiger partial charge in [0.15, 0.2) is 0 Å². The molecule has 2 rings (SSSR count). The van der Waals surface area contributed by atoms with E-state index in [4.69, 9.17) is 0 Å². The quantitative estimate of drug-likeness (QED) is 0.789. The predicted octanol–water partition coefficient (Wildman–Crippen LogP) is 2.11. The summed E-state index contributed by atoms with van der Waals surface area (Å²) < 4.78 is 26.1. The van der Waals surface area contributed by atoms with Crippen LogP contribution in [-0.4, -0.2) is 25.8 Å². The fourth-order valence-corrected chi connectivity index (χ4v) is 3.27. The lowest BCUT2D eigenvalue weighted by Gasteiger charge is -2.20. The minimum Gasteiger partial charge on any atom is -0.207 e. The summed E-state index contributed by atoms with van der Waals surface area (Å²) in [6.07, 6.45) is 2.33. The van der Waals surface area contributed by atoms with Crippen LogP contribution in [0.5, 0.6) is 0 Å². The second kappa shape index (κ2) is 4.55. The average molecular weight is 239 g/mol. The van der Waals surface area contributed by atoms with Gasteiger partial charge in [-0.05, 0) is 30.9 Å². The van der Waals surface area contributed by atoms with Gasteiger partial charge in [0, 0.05) is 13.1 Å². The van der Waals surface area contributed by atoms with Crippen LogP contribution in [0.4, 0.5) is 0 Å². The molecule has 0 aliphatic heterocycles. The second-order valence-electron chi connectivity index (χ2n) is 4.21. The molecule has 0 spiro atoms. The zero-order valence-electron chi connectivity index (χ0n) is 9.46. The van der Waals surface area contributed by atoms with Crippen LogP contribution in [0.25, 0.3) is 0 Å². The normalized spacial score (nSPS) is 16.6. The molecular formula is C12H17NO2S. The highest BCUT2D eigenvalue weighted by Crippen LogP contribution is 2.31. The van der Waals surface area contributed by atoms with E-state index >= 15 is 0 Å². The topological polar surface area (TPSA) is 37.4 Å². The lowest BCUT2D eigenvalue weighted by molar-refractivity contribution is 0.412. The molecule has 0 amide bonds. The highest BCUT2D eigenvalue weighted by Gasteiger charge is 2.30. The van der Waals surface area contributed by atoms with Crippen LogP contribution in [-0.2, 0) is 10.0 Å². The van der Waals surface area contributed by atoms with E-state index in [9.17, 15) is 8.42 Å². The molecule has 0 aromatic heterocycles. The van der Waals surface area contributed by atoms with Crippen molar-refractivity contribution >= 4 is 10.0 Å². The third-order valence-electron chi connectivity index (χ3n) is 2.89. The van der Waals surface area contributed by atoms with Gasteiger partial charge < -0.3 is 0 Å². The molecule has 1 saturated carbocycles. The van der Waals surface area contributed by atoms with Crippen molar-refractivity contribution in [1.29, 1.82) is 0 Å². The van der Waals surface area contributed by atoms with Crippen LogP contribution in [0.15, 0.2) is 35.2 Å². The summed E-state index contributed by atoms with van der Waals surface area (Å²) in [6.45, 7) is 3.12. The van der Waals surface area contributed by atoms with Gasteiger partial charge in [-0.3, -0.25) is 0 Å². The van der Waals surface area contributed by atoms with Gasteiger partial charge in [0.25, 0.3) is 0 Å². The van der Waals surface area contributed by atoms with E-state index < -0.39 is 10.0 Å². The first-order chi connectivity index (χ1) is 7.64. The van der Waals surface area contributed by atoms with Gasteiger partial charge in [-0.15, -0.1) is 0 Å². The second-order valence-corrected chi connectivity index (χ2v) is 6.15. The Labute approximate surface area is 97.1 Å². The Bertz CT molecular complexity index is 437. The Balaban J connectivity index is 2.22. The molecule has 1 aromatic carbocycles. The molecule has 0 atom stereocenters. The Morgan fingerprint density at radius 1 is 1.25 bits per heavy atom. The van der Waals surface area contributed by atoms with E-state index in [1.165, 1.54) is 12.8 Å². The largest absolute Gasteiger partial charge is 0.243 e. The molecule has 0 heterocycles. The maximum atomic E-state index is 12.3. The molecule has 3 nitrogen and oxygen atoms in total. The molecule has 0 radical (unpaired) electrons. The Kier molecular flexibility index (Phi) is 3.30. The van der Waals surface area contributed by atoms with Crippen molar-refractivity contribution in [3.8, 4) is 0 Å². The summed E-state index contributed by atoms with van der Waals surface area (Å²) in [6, 6.07) is 8.67. The Morgan fingerprint density at radius 3 is 2.38 bits per heavy atom. The Hall–Kier alpha value is -0.870. The Morgan fingerprint density at radius 2 is 1.88 bits per heavy atom. The molecule has 4 heteroatoms. The molecule has 1 fully saturated rings. The van der Waals surface area contributed by atoms with Crippen molar-refractivity contribution < 1.29 is 8.42 Å². The van der Waals surface area contributed by atoms with E-state index in [2.05, 4.69) is 0 Å². The third kappa shape index (κ3) is 2.44. The summed E-state index contributed by atoms with van der Waals surface area (Å²) in [5, 5.41) is 0. The maximum absolute atomic E-state index is 12.3. The van der Waals surface area contributed by atoms with Gasteiger partial charge >= 0.3 is 0 Å². The number of sulfonamides is 1. The SMILES string of the molecule is CCN(CC1CC1)S(=O)(=O)c1ccccc1. The van der Waals surface area contributed by atoms with Crippen molar-refractivity contribution in [2.45, 2.75) is 24.7 Å². The van der Waals surface area contributed by atoms with E-state index in [0.717, 1.165) is 0 Å². The zero-order valence-corrected chi connectivity index (χ0v) is 10.3. The molecular weight excluding hydrogens is 222 g/mol. The van der Waals surface area contributed by atoms with Crippen LogP contribution < -0.4 is 0 Å². The van der Waals surface area contributed by atoms with Crippen LogP contribution in [0.1, 0.15) is 19.8 Å². The molecule has 0 unspecified atom stereocenters. The molecule has 1 aromatic rings. The number of hydrogen-bond donors (Lipinski definition) is 0. The fourth-order valence-electron chi connectivity index (χ4n) is 1.73. The van der Waals surface area contributed by atoms with Crippen molar-refractivity contribution in [2.24, 2.45) is 5.92 Å². The molecule has 1 aliphatic rings. The highest BCUT2D eigenvalue weighted by atomic mass is 32.2. The molecule has 16 heavy (non-hydrogen) atoms. The lowest BCUT2D eigenvalue weighted by Crippen LogP contribution is -2.32. The lowest BCUT2D eigenvalue weighted by atomic mass is 10.4. The summed E-state index contributed by atoms with van der Waals surface area (Å²) in [5.74, 6) is 0.582. The molecule has 0 saturated heterocycles. The minimum absolute atomic E-state index is 0.400. The van der Waals surface area contributed by atoms with Crippen LogP contribution in [0.2, 0.25) is 0 Å². The van der Waals surface area contributed by atoms with Crippen LogP contribution in [0.3, 0.4) is 0 Å². The smallest absolute Gasteiger partial charge is 0.207 e. The van der Waals surface area contributed by atoms with Gasteiger partial charge in [-0.1, -0.05) is 25.1 Å². The zero-order chi connectivity index (χ0) is 11.6. The molecule has 88 valence electrons. The fraction of sp³-hybridized carbons (Fsp3) is 0.500. The number of nitrogens with zero attached hydrogens (tertiary/aromatic N) is 1. The molecule has 0 bridgehead atoms. The molecule has 1 aliphatic carbocycles. The van der Waals surface area contributed by atoms with E-state index in [0.29, 0.717) is 23.9 Å². The summed E-state index contributed by atoms with van der Waals surface area (Å²) in [7, 11) is -3.27. The average Bonchev–Trinajstić information content (AvgIpc) is 3.10. The van der Waals surface area contributed by atoms with Crippen molar-refractivity contribution in [2.75, 3.05) is 13.1 Å². The van der Waals surface area contributed by atoms with Crippen molar-refractivity contribution in [3.05, 3.63) is 30.3 Å². The van der Waals surface area contributed by atoms with Crippen LogP contribution >= 0.6 is 0 Å². The molecule has 0 N–H and O–H groups in total. The highest BCUT2D eigenvalue weighted by molar-refractivity contribution is 7.89. The predicted molar refractivity (Wildman–Crippen MR) is 63.6 cm³/mol. The number of benzene rings is 1. The first-order valence-corrected chi connectivity index (χ1v) is 7.14. The van der Waals surface area contributed by atoms with E-state index in [1.807, 2.05) is 13.0 Å². The minimum atomic E-state index is -3.27. The van der Waals surface area contributed by atoms with E-state index in [1.54, 1.807) is 28.6 Å². The van der Waals surface area contributed by atoms with E-state index in [-0.39, 0.29) is 0 Å². The van der Waals surface area contributed by atoms with Gasteiger partial charge in [0.1, 0.15) is 0 Å². The van der Waals surface area contributed by atoms with Crippen molar-refractivity contribution in [1.82, 2.24) is 4.31 Å². The standard InChI is InChI=1S/C12H17NO2S/c1-2-13(10-11-8-9-11)16(14,15)12-6-4-3-5-7-12/h3-7,11H,2,8-10H2,1H3. The maximum Gasteiger partial charge on any atom is 0.243 e. The summed E-state index contributed by atoms with van der Waals surface area (Å²) in [5.41, 5.74) is 0. The van der Waals surface area contributed by atoms with Crippen LogP contribution in [0, 0.1) is 5.92 Å². The first-order valence-electron chi connectivity index (χ1n) is 5.70. The van der Waals surface area contributed by atoms with Gasteiger partial charge in [0.2, 0.25) is 10.0 Å². The number of rotatable bonds is 5. The first kappa shape index (κ1) is 11.6. The summed E-state index contributed by atoms with van der Waals surface area (Å²) in [4.78, 5) is 0.400. The van der Waals surface area contributed by atoms with Gasteiger partial charge in [-0.25, -0.2) is 8.42 Å². The summed E-state index contributed by atoms with van der Waals surface area (Å²) >= 11 is 0.